The summed E-state index contributed by atoms with van der Waals surface area (Å²) in [5.41, 5.74) is 0. The predicted molar refractivity (Wildman–Crippen MR) is 79.6 cm³/mol. The van der Waals surface area contributed by atoms with Gasteiger partial charge in [-0.15, -0.1) is 0 Å². The van der Waals surface area contributed by atoms with E-state index in [4.69, 9.17) is 4.74 Å². The molecule has 3 aromatic rings. The van der Waals surface area contributed by atoms with E-state index in [1.54, 1.807) is 6.20 Å². The molecule has 0 radical (unpaired) electrons. The number of ether oxygens (including phenoxy) is 1. The Morgan fingerprint density at radius 1 is 1.16 bits per heavy atom. The molecule has 1 aromatic heterocycles. The van der Waals surface area contributed by atoms with Gasteiger partial charge < -0.3 is 9.30 Å². The molecule has 0 aliphatic heterocycles. The zero-order valence-electron chi connectivity index (χ0n) is 10.5. The average Bonchev–Trinajstić information content (AvgIpc) is 2.86. The van der Waals surface area contributed by atoms with Gasteiger partial charge in [-0.2, -0.15) is 0 Å². The third-order valence-corrected chi connectivity index (χ3v) is 3.49. The van der Waals surface area contributed by atoms with Crippen LogP contribution < -0.4 is 4.74 Å². The SMILES string of the molecule is CCn1ccnc1Oc1ccc2cc(Br)ccc2c1. The molecule has 0 N–H and O–H groups in total. The first-order chi connectivity index (χ1) is 9.26. The monoisotopic (exact) mass is 316 g/mol. The van der Waals surface area contributed by atoms with E-state index >= 15 is 0 Å². The summed E-state index contributed by atoms with van der Waals surface area (Å²) in [6.07, 6.45) is 3.66. The summed E-state index contributed by atoms with van der Waals surface area (Å²) in [7, 11) is 0. The van der Waals surface area contributed by atoms with Crippen molar-refractivity contribution in [3.63, 3.8) is 0 Å². The normalized spacial score (nSPS) is 10.8. The Kier molecular flexibility index (Phi) is 3.25. The van der Waals surface area contributed by atoms with Crippen molar-refractivity contribution in [3.05, 3.63) is 53.3 Å². The number of aryl methyl sites for hydroxylation is 1. The third kappa shape index (κ3) is 2.49. The molecule has 0 spiro atoms. The summed E-state index contributed by atoms with van der Waals surface area (Å²) in [4.78, 5) is 4.21. The van der Waals surface area contributed by atoms with Crippen LogP contribution in [0.25, 0.3) is 10.8 Å². The molecule has 3 nitrogen and oxygen atoms in total. The summed E-state index contributed by atoms with van der Waals surface area (Å²) < 4.78 is 8.86. The highest BCUT2D eigenvalue weighted by Gasteiger charge is 2.05. The highest BCUT2D eigenvalue weighted by atomic mass is 79.9. The van der Waals surface area contributed by atoms with Crippen LogP contribution in [0.2, 0.25) is 0 Å². The zero-order chi connectivity index (χ0) is 13.2. The number of rotatable bonds is 3. The summed E-state index contributed by atoms with van der Waals surface area (Å²) >= 11 is 3.47. The smallest absolute Gasteiger partial charge is 0.301 e. The van der Waals surface area contributed by atoms with Gasteiger partial charge in [0.2, 0.25) is 0 Å². The van der Waals surface area contributed by atoms with Crippen LogP contribution in [0.5, 0.6) is 11.8 Å². The number of halogens is 1. The highest BCUT2D eigenvalue weighted by molar-refractivity contribution is 9.10. The van der Waals surface area contributed by atoms with Crippen LogP contribution in [0.1, 0.15) is 6.92 Å². The second-order valence-corrected chi connectivity index (χ2v) is 5.17. The minimum atomic E-state index is 0.624. The number of nitrogens with zero attached hydrogens (tertiary/aromatic N) is 2. The molecular weight excluding hydrogens is 304 g/mol. The first-order valence-corrected chi connectivity index (χ1v) is 6.94. The first-order valence-electron chi connectivity index (χ1n) is 6.14. The summed E-state index contributed by atoms with van der Waals surface area (Å²) in [5.74, 6) is 0.802. The Morgan fingerprint density at radius 3 is 2.79 bits per heavy atom. The van der Waals surface area contributed by atoms with Gasteiger partial charge in [-0.1, -0.05) is 28.1 Å². The number of hydrogen-bond acceptors (Lipinski definition) is 2. The molecule has 96 valence electrons. The molecule has 2 aromatic carbocycles. The number of imidazole rings is 1. The number of hydrogen-bond donors (Lipinski definition) is 0. The van der Waals surface area contributed by atoms with Gasteiger partial charge in [0.15, 0.2) is 0 Å². The molecule has 0 fully saturated rings. The molecule has 0 atom stereocenters. The fraction of sp³-hybridized carbons (Fsp3) is 0.133. The Hall–Kier alpha value is -1.81. The molecule has 0 aliphatic carbocycles. The average molecular weight is 317 g/mol. The van der Waals surface area contributed by atoms with E-state index < -0.39 is 0 Å². The van der Waals surface area contributed by atoms with Crippen LogP contribution >= 0.6 is 15.9 Å². The van der Waals surface area contributed by atoms with Gasteiger partial charge in [0.25, 0.3) is 0 Å². The van der Waals surface area contributed by atoms with E-state index in [9.17, 15) is 0 Å². The molecule has 0 saturated heterocycles. The fourth-order valence-corrected chi connectivity index (χ4v) is 2.38. The molecule has 0 unspecified atom stereocenters. The largest absolute Gasteiger partial charge is 0.425 e. The Bertz CT molecular complexity index is 721. The zero-order valence-corrected chi connectivity index (χ0v) is 12.1. The maximum absolute atomic E-state index is 5.82. The standard InChI is InChI=1S/C15H13BrN2O/c1-2-18-8-7-17-15(18)19-14-6-4-11-9-13(16)5-3-12(11)10-14/h3-10H,2H2,1H3. The van der Waals surface area contributed by atoms with Crippen molar-refractivity contribution < 1.29 is 4.74 Å². The molecule has 0 saturated carbocycles. The van der Waals surface area contributed by atoms with Gasteiger partial charge in [-0.25, -0.2) is 4.98 Å². The molecule has 4 heteroatoms. The summed E-state index contributed by atoms with van der Waals surface area (Å²) in [5, 5.41) is 2.33. The van der Waals surface area contributed by atoms with E-state index in [0.29, 0.717) is 6.01 Å². The van der Waals surface area contributed by atoms with Gasteiger partial charge in [0.1, 0.15) is 5.75 Å². The van der Waals surface area contributed by atoms with Crippen molar-refractivity contribution in [2.24, 2.45) is 0 Å². The molecule has 3 rings (SSSR count). The minimum Gasteiger partial charge on any atom is -0.425 e. The highest BCUT2D eigenvalue weighted by Crippen LogP contribution is 2.26. The van der Waals surface area contributed by atoms with Gasteiger partial charge in [0, 0.05) is 23.4 Å². The fourth-order valence-electron chi connectivity index (χ4n) is 2.00. The summed E-state index contributed by atoms with van der Waals surface area (Å²) in [6, 6.07) is 12.8. The molecule has 1 heterocycles. The Morgan fingerprint density at radius 2 is 1.95 bits per heavy atom. The van der Waals surface area contributed by atoms with Crippen molar-refractivity contribution in [3.8, 4) is 11.8 Å². The van der Waals surface area contributed by atoms with Gasteiger partial charge in [0.05, 0.1) is 0 Å². The quantitative estimate of drug-likeness (QED) is 0.705. The Balaban J connectivity index is 1.95. The van der Waals surface area contributed by atoms with E-state index in [-0.39, 0.29) is 0 Å². The first kappa shape index (κ1) is 12.2. The van der Waals surface area contributed by atoms with E-state index in [0.717, 1.165) is 22.2 Å². The molecule has 19 heavy (non-hydrogen) atoms. The third-order valence-electron chi connectivity index (χ3n) is 3.00. The second-order valence-electron chi connectivity index (χ2n) is 4.25. The number of benzene rings is 2. The van der Waals surface area contributed by atoms with Crippen molar-refractivity contribution in [1.82, 2.24) is 9.55 Å². The predicted octanol–water partition coefficient (Wildman–Crippen LogP) is 4.61. The lowest BCUT2D eigenvalue weighted by atomic mass is 10.1. The van der Waals surface area contributed by atoms with Crippen LogP contribution in [0.3, 0.4) is 0 Å². The van der Waals surface area contributed by atoms with Crippen molar-refractivity contribution in [2.45, 2.75) is 13.5 Å². The summed E-state index contributed by atoms with van der Waals surface area (Å²) in [6.45, 7) is 2.91. The van der Waals surface area contributed by atoms with Crippen LogP contribution in [0, 0.1) is 0 Å². The van der Waals surface area contributed by atoms with Crippen molar-refractivity contribution in [1.29, 1.82) is 0 Å². The van der Waals surface area contributed by atoms with E-state index in [1.165, 1.54) is 5.39 Å². The Labute approximate surface area is 120 Å². The van der Waals surface area contributed by atoms with E-state index in [2.05, 4.69) is 46.0 Å². The van der Waals surface area contributed by atoms with Gasteiger partial charge >= 0.3 is 6.01 Å². The maximum Gasteiger partial charge on any atom is 0.301 e. The lowest BCUT2D eigenvalue weighted by molar-refractivity contribution is 0.416. The van der Waals surface area contributed by atoms with Crippen LogP contribution in [0.4, 0.5) is 0 Å². The van der Waals surface area contributed by atoms with E-state index in [1.807, 2.05) is 29.0 Å². The molecular formula is C15H13BrN2O. The molecule has 0 amide bonds. The van der Waals surface area contributed by atoms with Gasteiger partial charge in [-0.3, -0.25) is 0 Å². The van der Waals surface area contributed by atoms with Gasteiger partial charge in [-0.05, 0) is 42.0 Å². The maximum atomic E-state index is 5.82. The second kappa shape index (κ2) is 5.05. The number of fused-ring (bicyclic) bond motifs is 1. The molecule has 0 bridgehead atoms. The lowest BCUT2D eigenvalue weighted by Crippen LogP contribution is -1.97. The van der Waals surface area contributed by atoms with Crippen molar-refractivity contribution >= 4 is 26.7 Å². The van der Waals surface area contributed by atoms with Crippen LogP contribution in [0.15, 0.2) is 53.3 Å². The molecule has 0 aliphatic rings. The van der Waals surface area contributed by atoms with Crippen LogP contribution in [-0.4, -0.2) is 9.55 Å². The van der Waals surface area contributed by atoms with Crippen molar-refractivity contribution in [2.75, 3.05) is 0 Å². The lowest BCUT2D eigenvalue weighted by Gasteiger charge is -2.07. The van der Waals surface area contributed by atoms with Crippen LogP contribution in [-0.2, 0) is 6.54 Å². The minimum absolute atomic E-state index is 0.624. The topological polar surface area (TPSA) is 27.1 Å². The number of aromatic nitrogens is 2.